The second kappa shape index (κ2) is 9.33. The van der Waals surface area contributed by atoms with E-state index in [-0.39, 0.29) is 11.6 Å². The summed E-state index contributed by atoms with van der Waals surface area (Å²) in [5.41, 5.74) is 0.845. The Balaban J connectivity index is 2.13. The lowest BCUT2D eigenvalue weighted by Crippen LogP contribution is -2.30. The molecule has 20 heavy (non-hydrogen) atoms. The molecule has 0 aliphatic carbocycles. The summed E-state index contributed by atoms with van der Waals surface area (Å²) in [6, 6.07) is 0. The molecule has 1 aromatic heterocycles. The molecular weight excluding hydrogens is 258 g/mol. The smallest absolute Gasteiger partial charge is 0.160 e. The zero-order chi connectivity index (χ0) is 14.8. The molecule has 0 aromatic carbocycles. The second-order valence-corrected chi connectivity index (χ2v) is 4.77. The Labute approximate surface area is 119 Å². The van der Waals surface area contributed by atoms with Crippen LogP contribution in [0.15, 0.2) is 6.20 Å². The van der Waals surface area contributed by atoms with Crippen molar-refractivity contribution in [3.8, 4) is 0 Å². The lowest BCUT2D eigenvalue weighted by atomic mass is 10.2. The van der Waals surface area contributed by atoms with Gasteiger partial charge in [-0.3, -0.25) is 9.48 Å². The van der Waals surface area contributed by atoms with Crippen molar-refractivity contribution in [2.45, 2.75) is 32.7 Å². The maximum absolute atomic E-state index is 11.2. The van der Waals surface area contributed by atoms with E-state index in [1.807, 2.05) is 6.20 Å². The molecular formula is C13H23N5O2. The number of nitrogens with zero attached hydrogens (tertiary/aromatic N) is 3. The number of hydrogen-bond acceptors (Lipinski definition) is 6. The first-order chi connectivity index (χ1) is 9.61. The van der Waals surface area contributed by atoms with E-state index in [9.17, 15) is 9.59 Å². The Bertz CT molecular complexity index is 430. The first-order valence-corrected chi connectivity index (χ1v) is 6.87. The molecule has 112 valence electrons. The highest BCUT2D eigenvalue weighted by molar-refractivity contribution is 5.82. The molecule has 1 heterocycles. The van der Waals surface area contributed by atoms with Gasteiger partial charge in [-0.1, -0.05) is 5.21 Å². The summed E-state index contributed by atoms with van der Waals surface area (Å²) in [5, 5.41) is 13.9. The highest BCUT2D eigenvalue weighted by Gasteiger charge is 2.03. The number of aromatic nitrogens is 3. The number of carbonyl (C=O) groups excluding carboxylic acids is 2. The van der Waals surface area contributed by atoms with Crippen LogP contribution in [0.2, 0.25) is 0 Å². The predicted molar refractivity (Wildman–Crippen MR) is 75.4 cm³/mol. The SMILES string of the molecule is CNCC(=O)CNCCCn1cc(CCC(C)=O)nn1. The topological polar surface area (TPSA) is 88.9 Å². The highest BCUT2D eigenvalue weighted by Crippen LogP contribution is 1.99. The first kappa shape index (κ1) is 16.5. The van der Waals surface area contributed by atoms with E-state index in [0.717, 1.165) is 25.2 Å². The number of nitrogens with one attached hydrogen (secondary N) is 2. The van der Waals surface area contributed by atoms with Crippen LogP contribution in [0.1, 0.15) is 25.5 Å². The summed E-state index contributed by atoms with van der Waals surface area (Å²) in [4.78, 5) is 22.1. The molecule has 0 unspecified atom stereocenters. The molecule has 1 rings (SSSR count). The minimum absolute atomic E-state index is 0.153. The maximum Gasteiger partial charge on any atom is 0.160 e. The van der Waals surface area contributed by atoms with Crippen LogP contribution in [0.4, 0.5) is 0 Å². The Hall–Kier alpha value is -1.60. The quantitative estimate of drug-likeness (QED) is 0.535. The van der Waals surface area contributed by atoms with Crippen molar-refractivity contribution in [2.24, 2.45) is 0 Å². The number of likely N-dealkylation sites (N-methyl/N-ethyl adjacent to an activating group) is 1. The van der Waals surface area contributed by atoms with E-state index >= 15 is 0 Å². The van der Waals surface area contributed by atoms with Gasteiger partial charge in [-0.25, -0.2) is 0 Å². The average Bonchev–Trinajstić information content (AvgIpc) is 2.84. The third-order valence-corrected chi connectivity index (χ3v) is 2.76. The molecule has 0 saturated heterocycles. The van der Waals surface area contributed by atoms with Crippen LogP contribution in [0, 0.1) is 0 Å². The van der Waals surface area contributed by atoms with E-state index in [1.165, 1.54) is 0 Å². The Kier molecular flexibility index (Phi) is 7.67. The van der Waals surface area contributed by atoms with E-state index in [2.05, 4.69) is 20.9 Å². The van der Waals surface area contributed by atoms with Gasteiger partial charge in [0.05, 0.1) is 18.8 Å². The van der Waals surface area contributed by atoms with Gasteiger partial charge in [0.15, 0.2) is 5.78 Å². The molecule has 7 nitrogen and oxygen atoms in total. The van der Waals surface area contributed by atoms with Gasteiger partial charge in [0.2, 0.25) is 0 Å². The Morgan fingerprint density at radius 3 is 2.85 bits per heavy atom. The first-order valence-electron chi connectivity index (χ1n) is 6.87. The molecule has 0 amide bonds. The normalized spacial score (nSPS) is 10.7. The minimum Gasteiger partial charge on any atom is -0.313 e. The van der Waals surface area contributed by atoms with Crippen molar-refractivity contribution in [3.63, 3.8) is 0 Å². The lowest BCUT2D eigenvalue weighted by Gasteiger charge is -2.03. The third-order valence-electron chi connectivity index (χ3n) is 2.76. The highest BCUT2D eigenvalue weighted by atomic mass is 16.1. The van der Waals surface area contributed by atoms with Gasteiger partial charge in [-0.05, 0) is 33.4 Å². The van der Waals surface area contributed by atoms with Crippen molar-refractivity contribution in [3.05, 3.63) is 11.9 Å². The van der Waals surface area contributed by atoms with E-state index in [0.29, 0.717) is 25.9 Å². The molecule has 7 heteroatoms. The van der Waals surface area contributed by atoms with Crippen molar-refractivity contribution in [2.75, 3.05) is 26.7 Å². The molecule has 1 aromatic rings. The van der Waals surface area contributed by atoms with E-state index in [4.69, 9.17) is 0 Å². The fourth-order valence-corrected chi connectivity index (χ4v) is 1.72. The Morgan fingerprint density at radius 2 is 2.15 bits per heavy atom. The largest absolute Gasteiger partial charge is 0.313 e. The van der Waals surface area contributed by atoms with Crippen molar-refractivity contribution < 1.29 is 9.59 Å². The van der Waals surface area contributed by atoms with Crippen molar-refractivity contribution in [1.29, 1.82) is 0 Å². The fraction of sp³-hybridized carbons (Fsp3) is 0.692. The van der Waals surface area contributed by atoms with Crippen LogP contribution < -0.4 is 10.6 Å². The summed E-state index contributed by atoms with van der Waals surface area (Å²) in [5.74, 6) is 0.315. The molecule has 0 aliphatic rings. The molecule has 0 radical (unpaired) electrons. The summed E-state index contributed by atoms with van der Waals surface area (Å²) < 4.78 is 1.77. The second-order valence-electron chi connectivity index (χ2n) is 4.77. The maximum atomic E-state index is 11.2. The summed E-state index contributed by atoms with van der Waals surface area (Å²) >= 11 is 0. The molecule has 0 fully saturated rings. The molecule has 0 spiro atoms. The number of rotatable bonds is 11. The molecule has 2 N–H and O–H groups in total. The summed E-state index contributed by atoms with van der Waals surface area (Å²) in [7, 11) is 1.76. The molecule has 0 saturated carbocycles. The predicted octanol–water partition coefficient (Wildman–Crippen LogP) is -0.432. The van der Waals surface area contributed by atoms with Gasteiger partial charge in [0.1, 0.15) is 5.78 Å². The van der Waals surface area contributed by atoms with Crippen LogP contribution in [-0.4, -0.2) is 53.2 Å². The van der Waals surface area contributed by atoms with Gasteiger partial charge in [-0.15, -0.1) is 5.10 Å². The summed E-state index contributed by atoms with van der Waals surface area (Å²) in [6.07, 6.45) is 3.90. The molecule has 0 atom stereocenters. The van der Waals surface area contributed by atoms with E-state index < -0.39 is 0 Å². The fourth-order valence-electron chi connectivity index (χ4n) is 1.72. The Morgan fingerprint density at radius 1 is 1.35 bits per heavy atom. The monoisotopic (exact) mass is 281 g/mol. The number of Topliss-reactive ketones (excluding diaryl/α,β-unsaturated/α-hetero) is 2. The molecule has 0 aliphatic heterocycles. The number of aryl methyl sites for hydroxylation is 2. The van der Waals surface area contributed by atoms with E-state index in [1.54, 1.807) is 18.7 Å². The van der Waals surface area contributed by atoms with Crippen LogP contribution in [-0.2, 0) is 22.6 Å². The van der Waals surface area contributed by atoms with Crippen LogP contribution in [0.25, 0.3) is 0 Å². The zero-order valence-electron chi connectivity index (χ0n) is 12.2. The van der Waals surface area contributed by atoms with Crippen molar-refractivity contribution in [1.82, 2.24) is 25.6 Å². The summed E-state index contributed by atoms with van der Waals surface area (Å²) in [6.45, 7) is 3.88. The standard InChI is InChI=1S/C13H23N5O2/c1-11(19)4-5-12-10-18(17-16-12)7-3-6-15-9-13(20)8-14-2/h10,14-15H,3-9H2,1-2H3. The minimum atomic E-state index is 0.153. The van der Waals surface area contributed by atoms with Gasteiger partial charge in [0, 0.05) is 19.2 Å². The lowest BCUT2D eigenvalue weighted by molar-refractivity contribution is -0.118. The van der Waals surface area contributed by atoms with Gasteiger partial charge < -0.3 is 15.4 Å². The number of carbonyl (C=O) groups is 2. The zero-order valence-corrected chi connectivity index (χ0v) is 12.2. The van der Waals surface area contributed by atoms with Crippen molar-refractivity contribution >= 4 is 11.6 Å². The number of ketones is 2. The van der Waals surface area contributed by atoms with Crippen LogP contribution in [0.3, 0.4) is 0 Å². The van der Waals surface area contributed by atoms with Gasteiger partial charge in [-0.2, -0.15) is 0 Å². The van der Waals surface area contributed by atoms with Gasteiger partial charge >= 0.3 is 0 Å². The van der Waals surface area contributed by atoms with Crippen LogP contribution >= 0.6 is 0 Å². The third kappa shape index (κ3) is 7.10. The van der Waals surface area contributed by atoms with Crippen LogP contribution in [0.5, 0.6) is 0 Å². The average molecular weight is 281 g/mol. The number of hydrogen-bond donors (Lipinski definition) is 2. The van der Waals surface area contributed by atoms with Gasteiger partial charge in [0.25, 0.3) is 0 Å². The molecule has 0 bridgehead atoms.